The fraction of sp³-hybridized carbons (Fsp3) is 0.240. The van der Waals surface area contributed by atoms with Crippen molar-refractivity contribution in [2.45, 2.75) is 19.3 Å². The van der Waals surface area contributed by atoms with Gasteiger partial charge in [0.1, 0.15) is 5.75 Å². The molecule has 2 N–H and O–H groups in total. The molecule has 0 fully saturated rings. The fourth-order valence-corrected chi connectivity index (χ4v) is 3.54. The van der Waals surface area contributed by atoms with Crippen LogP contribution >= 0.6 is 0 Å². The van der Waals surface area contributed by atoms with E-state index in [0.29, 0.717) is 6.61 Å². The summed E-state index contributed by atoms with van der Waals surface area (Å²) in [7, 11) is 0. The van der Waals surface area contributed by atoms with Gasteiger partial charge in [-0.2, -0.15) is 0 Å². The van der Waals surface area contributed by atoms with E-state index < -0.39 is 0 Å². The first-order valence-corrected chi connectivity index (χ1v) is 10.2. The van der Waals surface area contributed by atoms with Crippen molar-refractivity contribution in [2.24, 2.45) is 0 Å². The number of fused-ring (bicyclic) bond motifs is 2. The number of aromatic nitrogens is 1. The molecule has 29 heavy (non-hydrogen) atoms. The van der Waals surface area contributed by atoms with Crippen molar-refractivity contribution in [3.05, 3.63) is 78.4 Å². The quantitative estimate of drug-likeness (QED) is 0.307. The molecule has 0 atom stereocenters. The number of pyridine rings is 1. The van der Waals surface area contributed by atoms with E-state index in [4.69, 9.17) is 14.8 Å². The van der Waals surface area contributed by atoms with Crippen LogP contribution in [-0.4, -0.2) is 29.8 Å². The standard InChI is InChI=1S/C25H26N2O2/c28-17-5-7-19-12-14-20(15-13-19)29-18-6-16-26-25-21-8-1-3-10-23(21)27-24-11-4-2-9-22(24)25/h1-4,8-15,28H,5-7,16-18H2,(H,26,27). The Morgan fingerprint density at radius 2 is 1.45 bits per heavy atom. The lowest BCUT2D eigenvalue weighted by atomic mass is 10.1. The van der Waals surface area contributed by atoms with Gasteiger partial charge in [-0.1, -0.05) is 48.5 Å². The van der Waals surface area contributed by atoms with Crippen LogP contribution in [0.15, 0.2) is 72.8 Å². The van der Waals surface area contributed by atoms with Crippen molar-refractivity contribution < 1.29 is 9.84 Å². The van der Waals surface area contributed by atoms with E-state index in [1.807, 2.05) is 24.3 Å². The number of aryl methyl sites for hydroxylation is 1. The largest absolute Gasteiger partial charge is 0.494 e. The zero-order chi connectivity index (χ0) is 19.9. The third kappa shape index (κ3) is 4.66. The number of nitrogens with one attached hydrogen (secondary N) is 1. The first-order chi connectivity index (χ1) is 14.3. The van der Waals surface area contributed by atoms with Gasteiger partial charge in [-0.3, -0.25) is 0 Å². The summed E-state index contributed by atoms with van der Waals surface area (Å²) < 4.78 is 5.88. The van der Waals surface area contributed by atoms with Gasteiger partial charge in [0.05, 0.1) is 23.3 Å². The molecule has 0 saturated carbocycles. The summed E-state index contributed by atoms with van der Waals surface area (Å²) in [4.78, 5) is 4.77. The Kier molecular flexibility index (Phi) is 6.22. The minimum atomic E-state index is 0.229. The normalized spacial score (nSPS) is 11.1. The summed E-state index contributed by atoms with van der Waals surface area (Å²) in [6.45, 7) is 1.71. The highest BCUT2D eigenvalue weighted by atomic mass is 16.5. The number of para-hydroxylation sites is 2. The maximum absolute atomic E-state index is 8.91. The molecule has 4 heteroatoms. The lowest BCUT2D eigenvalue weighted by Gasteiger charge is -2.13. The molecule has 4 nitrogen and oxygen atoms in total. The zero-order valence-electron chi connectivity index (χ0n) is 16.5. The maximum Gasteiger partial charge on any atom is 0.119 e. The molecule has 0 saturated heterocycles. The van der Waals surface area contributed by atoms with Gasteiger partial charge >= 0.3 is 0 Å². The number of aliphatic hydroxyl groups is 1. The molecule has 0 aliphatic rings. The van der Waals surface area contributed by atoms with Crippen molar-refractivity contribution >= 4 is 27.5 Å². The second-order valence-corrected chi connectivity index (χ2v) is 7.12. The monoisotopic (exact) mass is 386 g/mol. The zero-order valence-corrected chi connectivity index (χ0v) is 16.5. The Morgan fingerprint density at radius 3 is 2.10 bits per heavy atom. The van der Waals surface area contributed by atoms with Crippen LogP contribution in [0.1, 0.15) is 18.4 Å². The van der Waals surface area contributed by atoms with Crippen molar-refractivity contribution in [1.82, 2.24) is 4.98 Å². The second kappa shape index (κ2) is 9.39. The number of ether oxygens (including phenoxy) is 1. The molecule has 4 aromatic rings. The molecule has 0 aliphatic heterocycles. The van der Waals surface area contributed by atoms with Gasteiger partial charge in [0, 0.05) is 23.9 Å². The van der Waals surface area contributed by atoms with Gasteiger partial charge in [-0.15, -0.1) is 0 Å². The Morgan fingerprint density at radius 1 is 0.793 bits per heavy atom. The minimum absolute atomic E-state index is 0.229. The molecule has 0 bridgehead atoms. The molecule has 0 unspecified atom stereocenters. The van der Waals surface area contributed by atoms with Gasteiger partial charge in [0.15, 0.2) is 0 Å². The molecule has 0 spiro atoms. The van der Waals surface area contributed by atoms with E-state index in [-0.39, 0.29) is 6.61 Å². The Labute approximate surface area is 171 Å². The molecular formula is C25H26N2O2. The van der Waals surface area contributed by atoms with E-state index in [1.54, 1.807) is 0 Å². The Bertz CT molecular complexity index is 1020. The summed E-state index contributed by atoms with van der Waals surface area (Å²) in [5, 5.41) is 14.8. The molecule has 1 aromatic heterocycles. The number of benzene rings is 3. The molecule has 0 radical (unpaired) electrons. The number of nitrogens with zero attached hydrogens (tertiary/aromatic N) is 1. The minimum Gasteiger partial charge on any atom is -0.494 e. The van der Waals surface area contributed by atoms with Crippen LogP contribution in [-0.2, 0) is 6.42 Å². The summed E-state index contributed by atoms with van der Waals surface area (Å²) in [5.41, 5.74) is 4.38. The fourth-order valence-electron chi connectivity index (χ4n) is 3.54. The van der Waals surface area contributed by atoms with Crippen molar-refractivity contribution in [3.8, 4) is 5.75 Å². The lowest BCUT2D eigenvalue weighted by molar-refractivity contribution is 0.288. The van der Waals surface area contributed by atoms with Gasteiger partial charge in [0.2, 0.25) is 0 Å². The van der Waals surface area contributed by atoms with Crippen LogP contribution in [0.25, 0.3) is 21.8 Å². The van der Waals surface area contributed by atoms with Crippen molar-refractivity contribution in [3.63, 3.8) is 0 Å². The predicted octanol–water partition coefficient (Wildman–Crippen LogP) is 5.19. The highest BCUT2D eigenvalue weighted by Crippen LogP contribution is 2.30. The van der Waals surface area contributed by atoms with E-state index in [0.717, 1.165) is 59.0 Å². The van der Waals surface area contributed by atoms with E-state index in [9.17, 15) is 0 Å². The first-order valence-electron chi connectivity index (χ1n) is 10.2. The second-order valence-electron chi connectivity index (χ2n) is 7.12. The summed E-state index contributed by atoms with van der Waals surface area (Å²) >= 11 is 0. The number of anilines is 1. The van der Waals surface area contributed by atoms with Gasteiger partial charge in [-0.25, -0.2) is 4.98 Å². The molecule has 0 aliphatic carbocycles. The number of hydrogen-bond donors (Lipinski definition) is 2. The van der Waals surface area contributed by atoms with Gasteiger partial charge in [-0.05, 0) is 49.1 Å². The summed E-state index contributed by atoms with van der Waals surface area (Å²) in [5.74, 6) is 0.887. The Hall–Kier alpha value is -3.11. The third-order valence-electron chi connectivity index (χ3n) is 5.03. The average molecular weight is 386 g/mol. The van der Waals surface area contributed by atoms with Crippen LogP contribution in [0, 0.1) is 0 Å². The predicted molar refractivity (Wildman–Crippen MR) is 120 cm³/mol. The van der Waals surface area contributed by atoms with Crippen molar-refractivity contribution in [1.29, 1.82) is 0 Å². The smallest absolute Gasteiger partial charge is 0.119 e. The van der Waals surface area contributed by atoms with E-state index >= 15 is 0 Å². The van der Waals surface area contributed by atoms with Gasteiger partial charge < -0.3 is 15.2 Å². The molecule has 1 heterocycles. The third-order valence-corrected chi connectivity index (χ3v) is 5.03. The summed E-state index contributed by atoms with van der Waals surface area (Å²) in [6, 6.07) is 24.6. The topological polar surface area (TPSA) is 54.4 Å². The lowest BCUT2D eigenvalue weighted by Crippen LogP contribution is -2.08. The number of hydrogen-bond acceptors (Lipinski definition) is 4. The van der Waals surface area contributed by atoms with Crippen LogP contribution < -0.4 is 10.1 Å². The van der Waals surface area contributed by atoms with Crippen LogP contribution in [0.4, 0.5) is 5.69 Å². The molecule has 0 amide bonds. The molecular weight excluding hydrogens is 360 g/mol. The van der Waals surface area contributed by atoms with Crippen LogP contribution in [0.3, 0.4) is 0 Å². The van der Waals surface area contributed by atoms with Crippen molar-refractivity contribution in [2.75, 3.05) is 25.1 Å². The molecule has 148 valence electrons. The SMILES string of the molecule is OCCCc1ccc(OCCCNc2c3ccccc3nc3ccccc23)cc1. The molecule has 3 aromatic carbocycles. The van der Waals surface area contributed by atoms with Crippen LogP contribution in [0.5, 0.6) is 5.75 Å². The van der Waals surface area contributed by atoms with E-state index in [2.05, 4.69) is 53.8 Å². The average Bonchev–Trinajstić information content (AvgIpc) is 2.77. The maximum atomic E-state index is 8.91. The first kappa shape index (κ1) is 19.2. The highest BCUT2D eigenvalue weighted by molar-refractivity contribution is 6.07. The highest BCUT2D eigenvalue weighted by Gasteiger charge is 2.08. The molecule has 4 rings (SSSR count). The van der Waals surface area contributed by atoms with Crippen LogP contribution in [0.2, 0.25) is 0 Å². The summed E-state index contributed by atoms with van der Waals surface area (Å²) in [6.07, 6.45) is 2.59. The van der Waals surface area contributed by atoms with E-state index in [1.165, 1.54) is 5.56 Å². The van der Waals surface area contributed by atoms with Gasteiger partial charge in [0.25, 0.3) is 0 Å². The Balaban J connectivity index is 1.36. The number of aliphatic hydroxyl groups excluding tert-OH is 1. The number of rotatable bonds is 9.